The van der Waals surface area contributed by atoms with Crippen LogP contribution in [0.1, 0.15) is 42.8 Å². The molecular weight excluding hydrogens is 314 g/mol. The van der Waals surface area contributed by atoms with Gasteiger partial charge in [0.05, 0.1) is 6.04 Å². The standard InChI is InChI=1S/C17H20ClN3O2/c1-10-16(12(3)23-20-10)19-17(22)21(15-8-9-15)11(2)13-4-6-14(18)7-5-13/h4-7,11,15H,8-9H2,1-3H3,(H,19,22)/t11-/m1/s1. The fourth-order valence-corrected chi connectivity index (χ4v) is 2.87. The van der Waals surface area contributed by atoms with Crippen molar-refractivity contribution in [2.24, 2.45) is 0 Å². The molecule has 2 amide bonds. The summed E-state index contributed by atoms with van der Waals surface area (Å²) >= 11 is 5.95. The van der Waals surface area contributed by atoms with Crippen molar-refractivity contribution in [3.63, 3.8) is 0 Å². The first kappa shape index (κ1) is 15.9. The van der Waals surface area contributed by atoms with Crippen LogP contribution >= 0.6 is 11.6 Å². The van der Waals surface area contributed by atoms with Gasteiger partial charge in [-0.2, -0.15) is 0 Å². The molecule has 1 atom stereocenters. The molecule has 6 heteroatoms. The van der Waals surface area contributed by atoms with Crippen LogP contribution in [-0.2, 0) is 0 Å². The maximum atomic E-state index is 12.8. The summed E-state index contributed by atoms with van der Waals surface area (Å²) in [7, 11) is 0. The molecule has 1 aliphatic rings. The Morgan fingerprint density at radius 1 is 1.35 bits per heavy atom. The van der Waals surface area contributed by atoms with Gasteiger partial charge in [-0.05, 0) is 51.3 Å². The Morgan fingerprint density at radius 2 is 2.00 bits per heavy atom. The number of amides is 2. The Kier molecular flexibility index (Phi) is 4.31. The third kappa shape index (κ3) is 3.34. The van der Waals surface area contributed by atoms with Crippen LogP contribution in [-0.4, -0.2) is 22.1 Å². The zero-order valence-electron chi connectivity index (χ0n) is 13.5. The van der Waals surface area contributed by atoms with Crippen LogP contribution in [0, 0.1) is 13.8 Å². The van der Waals surface area contributed by atoms with Crippen molar-refractivity contribution >= 4 is 23.3 Å². The lowest BCUT2D eigenvalue weighted by Gasteiger charge is -2.30. The zero-order valence-corrected chi connectivity index (χ0v) is 14.2. The highest BCUT2D eigenvalue weighted by Gasteiger charge is 2.36. The van der Waals surface area contributed by atoms with Crippen molar-refractivity contribution in [2.75, 3.05) is 5.32 Å². The van der Waals surface area contributed by atoms with E-state index in [2.05, 4.69) is 10.5 Å². The summed E-state index contributed by atoms with van der Waals surface area (Å²) in [5.74, 6) is 0.616. The number of nitrogens with one attached hydrogen (secondary N) is 1. The molecule has 5 nitrogen and oxygen atoms in total. The highest BCUT2D eigenvalue weighted by Crippen LogP contribution is 2.35. The van der Waals surface area contributed by atoms with E-state index in [-0.39, 0.29) is 18.1 Å². The minimum absolute atomic E-state index is 0.0276. The lowest BCUT2D eigenvalue weighted by molar-refractivity contribution is 0.189. The molecule has 1 saturated carbocycles. The van der Waals surface area contributed by atoms with Gasteiger partial charge >= 0.3 is 6.03 Å². The molecular formula is C17H20ClN3O2. The number of hydrogen-bond donors (Lipinski definition) is 1. The van der Waals surface area contributed by atoms with Crippen molar-refractivity contribution in [3.05, 3.63) is 46.3 Å². The molecule has 0 aliphatic heterocycles. The third-order valence-corrected chi connectivity index (χ3v) is 4.46. The topological polar surface area (TPSA) is 58.4 Å². The van der Waals surface area contributed by atoms with Crippen molar-refractivity contribution in [1.82, 2.24) is 10.1 Å². The van der Waals surface area contributed by atoms with E-state index in [4.69, 9.17) is 16.1 Å². The van der Waals surface area contributed by atoms with Crippen molar-refractivity contribution in [3.8, 4) is 0 Å². The minimum Gasteiger partial charge on any atom is -0.359 e. The summed E-state index contributed by atoms with van der Waals surface area (Å²) in [6, 6.07) is 7.76. The number of carbonyl (C=O) groups is 1. The molecule has 0 spiro atoms. The molecule has 1 aromatic carbocycles. The van der Waals surface area contributed by atoms with Gasteiger partial charge in [0.2, 0.25) is 0 Å². The Hall–Kier alpha value is -2.01. The summed E-state index contributed by atoms with van der Waals surface area (Å²) in [5, 5.41) is 7.52. The maximum Gasteiger partial charge on any atom is 0.322 e. The molecule has 3 rings (SSSR count). The Labute approximate surface area is 140 Å². The summed E-state index contributed by atoms with van der Waals surface area (Å²) in [6.07, 6.45) is 2.07. The molecule has 122 valence electrons. The number of aryl methyl sites for hydroxylation is 2. The van der Waals surface area contributed by atoms with E-state index >= 15 is 0 Å². The Bertz CT molecular complexity index is 688. The smallest absolute Gasteiger partial charge is 0.322 e. The molecule has 1 N–H and O–H groups in total. The molecule has 2 aromatic rings. The van der Waals surface area contributed by atoms with Crippen molar-refractivity contribution in [2.45, 2.75) is 45.7 Å². The largest absolute Gasteiger partial charge is 0.359 e. The van der Waals surface area contributed by atoms with Crippen LogP contribution in [0.15, 0.2) is 28.8 Å². The molecule has 0 bridgehead atoms. The number of benzene rings is 1. The normalized spacial score (nSPS) is 15.3. The summed E-state index contributed by atoms with van der Waals surface area (Å²) in [6.45, 7) is 5.64. The highest BCUT2D eigenvalue weighted by molar-refractivity contribution is 6.30. The number of aromatic nitrogens is 1. The molecule has 0 radical (unpaired) electrons. The van der Waals surface area contributed by atoms with Crippen LogP contribution in [0.5, 0.6) is 0 Å². The van der Waals surface area contributed by atoms with Gasteiger partial charge in [-0.1, -0.05) is 28.9 Å². The fourth-order valence-electron chi connectivity index (χ4n) is 2.75. The molecule has 1 aromatic heterocycles. The van der Waals surface area contributed by atoms with Crippen LogP contribution in [0.3, 0.4) is 0 Å². The van der Waals surface area contributed by atoms with Crippen molar-refractivity contribution in [1.29, 1.82) is 0 Å². The van der Waals surface area contributed by atoms with Gasteiger partial charge in [0.15, 0.2) is 5.76 Å². The van der Waals surface area contributed by atoms with Gasteiger partial charge in [0, 0.05) is 11.1 Å². The van der Waals surface area contributed by atoms with Gasteiger partial charge in [-0.3, -0.25) is 0 Å². The number of anilines is 1. The van der Waals surface area contributed by atoms with Crippen LogP contribution in [0.25, 0.3) is 0 Å². The molecule has 1 fully saturated rings. The number of hydrogen-bond acceptors (Lipinski definition) is 3. The van der Waals surface area contributed by atoms with Crippen LogP contribution in [0.4, 0.5) is 10.5 Å². The number of carbonyl (C=O) groups excluding carboxylic acids is 1. The predicted molar refractivity (Wildman–Crippen MR) is 89.7 cm³/mol. The lowest BCUT2D eigenvalue weighted by atomic mass is 10.1. The molecule has 1 heterocycles. The predicted octanol–water partition coefficient (Wildman–Crippen LogP) is 4.70. The summed E-state index contributed by atoms with van der Waals surface area (Å²) < 4.78 is 5.11. The number of nitrogens with zero attached hydrogens (tertiary/aromatic N) is 2. The summed E-state index contributed by atoms with van der Waals surface area (Å²) in [4.78, 5) is 14.7. The Balaban J connectivity index is 1.81. The summed E-state index contributed by atoms with van der Waals surface area (Å²) in [5.41, 5.74) is 2.41. The number of urea groups is 1. The first-order chi connectivity index (χ1) is 11.0. The van der Waals surface area contributed by atoms with Crippen LogP contribution < -0.4 is 5.32 Å². The molecule has 23 heavy (non-hydrogen) atoms. The van der Waals surface area contributed by atoms with E-state index in [1.54, 1.807) is 6.92 Å². The second-order valence-corrected chi connectivity index (χ2v) is 6.43. The number of halogens is 1. The maximum absolute atomic E-state index is 12.8. The van der Waals surface area contributed by atoms with Crippen LogP contribution in [0.2, 0.25) is 5.02 Å². The first-order valence-electron chi connectivity index (χ1n) is 7.75. The minimum atomic E-state index is -0.121. The van der Waals surface area contributed by atoms with E-state index in [0.717, 1.165) is 18.4 Å². The average molecular weight is 334 g/mol. The quantitative estimate of drug-likeness (QED) is 0.882. The lowest BCUT2D eigenvalue weighted by Crippen LogP contribution is -2.39. The van der Waals surface area contributed by atoms with Gasteiger partial charge in [0.1, 0.15) is 11.4 Å². The fraction of sp³-hybridized carbons (Fsp3) is 0.412. The Morgan fingerprint density at radius 3 is 2.52 bits per heavy atom. The van der Waals surface area contributed by atoms with Gasteiger partial charge in [-0.15, -0.1) is 0 Å². The second-order valence-electron chi connectivity index (χ2n) is 6.00. The van der Waals surface area contributed by atoms with E-state index in [1.807, 2.05) is 43.0 Å². The SMILES string of the molecule is Cc1noc(C)c1NC(=O)N(C1CC1)[C@H](C)c1ccc(Cl)cc1. The van der Waals surface area contributed by atoms with Gasteiger partial charge in [0.25, 0.3) is 0 Å². The van der Waals surface area contributed by atoms with Gasteiger partial charge in [-0.25, -0.2) is 4.79 Å². The molecule has 0 unspecified atom stereocenters. The third-order valence-electron chi connectivity index (χ3n) is 4.21. The van der Waals surface area contributed by atoms with E-state index in [0.29, 0.717) is 22.2 Å². The molecule has 1 aliphatic carbocycles. The van der Waals surface area contributed by atoms with E-state index in [9.17, 15) is 4.79 Å². The average Bonchev–Trinajstić information content (AvgIpc) is 3.30. The second kappa shape index (κ2) is 6.24. The van der Waals surface area contributed by atoms with E-state index in [1.165, 1.54) is 0 Å². The monoisotopic (exact) mass is 333 g/mol. The number of rotatable bonds is 4. The molecule has 0 saturated heterocycles. The zero-order chi connectivity index (χ0) is 16.6. The first-order valence-corrected chi connectivity index (χ1v) is 8.13. The van der Waals surface area contributed by atoms with Crippen molar-refractivity contribution < 1.29 is 9.32 Å². The highest BCUT2D eigenvalue weighted by atomic mass is 35.5. The van der Waals surface area contributed by atoms with Gasteiger partial charge < -0.3 is 14.7 Å². The van der Waals surface area contributed by atoms with E-state index < -0.39 is 0 Å².